The summed E-state index contributed by atoms with van der Waals surface area (Å²) in [6, 6.07) is 13.1. The van der Waals surface area contributed by atoms with Crippen LogP contribution in [0.15, 0.2) is 47.6 Å². The van der Waals surface area contributed by atoms with E-state index < -0.39 is 0 Å². The predicted octanol–water partition coefficient (Wildman–Crippen LogP) is 2.93. The maximum Gasteiger partial charge on any atom is 0.240 e. The Morgan fingerprint density at radius 3 is 2.50 bits per heavy atom. The van der Waals surface area contributed by atoms with Crippen molar-refractivity contribution in [3.63, 3.8) is 0 Å². The first-order valence-electron chi connectivity index (χ1n) is 6.87. The number of nitrogens with zero attached hydrogens (tertiary/aromatic N) is 1. The second-order valence-electron chi connectivity index (χ2n) is 4.66. The lowest BCUT2D eigenvalue weighted by Gasteiger charge is -2.04. The molecule has 5 nitrogen and oxygen atoms in total. The van der Waals surface area contributed by atoms with Crippen LogP contribution in [0.5, 0.6) is 0 Å². The number of hydrazone groups is 1. The van der Waals surface area contributed by atoms with Gasteiger partial charge in [-0.2, -0.15) is 5.10 Å². The molecule has 0 saturated heterocycles. The average Bonchev–Trinajstić information content (AvgIpc) is 2.92. The molecule has 0 saturated carbocycles. The van der Waals surface area contributed by atoms with Crippen LogP contribution in [0.3, 0.4) is 0 Å². The Kier molecular flexibility index (Phi) is 5.85. The molecule has 0 bridgehead atoms. The first kappa shape index (κ1) is 15.9. The van der Waals surface area contributed by atoms with Crippen LogP contribution in [0.1, 0.15) is 22.6 Å². The third-order valence-corrected chi connectivity index (χ3v) is 3.71. The average molecular weight is 315 g/mol. The third kappa shape index (κ3) is 5.49. The maximum atomic E-state index is 11.7. The maximum absolute atomic E-state index is 11.7. The van der Waals surface area contributed by atoms with Gasteiger partial charge in [0.2, 0.25) is 11.8 Å². The van der Waals surface area contributed by atoms with Crippen molar-refractivity contribution < 1.29 is 9.59 Å². The molecule has 0 aliphatic heterocycles. The summed E-state index contributed by atoms with van der Waals surface area (Å²) in [7, 11) is 0. The fourth-order valence-corrected chi connectivity index (χ4v) is 2.47. The van der Waals surface area contributed by atoms with Gasteiger partial charge in [0, 0.05) is 28.3 Å². The lowest BCUT2D eigenvalue weighted by Crippen LogP contribution is -2.20. The summed E-state index contributed by atoms with van der Waals surface area (Å²) in [4.78, 5) is 25.4. The Morgan fingerprint density at radius 2 is 1.82 bits per heavy atom. The van der Waals surface area contributed by atoms with Crippen molar-refractivity contribution in [1.82, 2.24) is 5.43 Å². The largest absolute Gasteiger partial charge is 0.326 e. The molecule has 2 N–H and O–H groups in total. The van der Waals surface area contributed by atoms with Crippen LogP contribution < -0.4 is 10.7 Å². The molecule has 2 amide bonds. The van der Waals surface area contributed by atoms with Crippen LogP contribution in [0.4, 0.5) is 5.69 Å². The number of amides is 2. The highest BCUT2D eigenvalue weighted by Crippen LogP contribution is 2.12. The van der Waals surface area contributed by atoms with Crippen molar-refractivity contribution in [3.8, 4) is 0 Å². The quantitative estimate of drug-likeness (QED) is 0.635. The summed E-state index contributed by atoms with van der Waals surface area (Å²) in [5.41, 5.74) is 3.14. The van der Waals surface area contributed by atoms with Gasteiger partial charge in [-0.05, 0) is 31.2 Å². The molecular formula is C16H17N3O2S. The Morgan fingerprint density at radius 1 is 1.09 bits per heavy atom. The number of hydrogen-bond donors (Lipinski definition) is 2. The summed E-state index contributed by atoms with van der Waals surface area (Å²) >= 11 is 1.59. The second kappa shape index (κ2) is 8.09. The number of thiophene rings is 1. The van der Waals surface area contributed by atoms with Gasteiger partial charge in [-0.1, -0.05) is 18.2 Å². The predicted molar refractivity (Wildman–Crippen MR) is 89.1 cm³/mol. The van der Waals surface area contributed by atoms with Gasteiger partial charge in [0.05, 0.1) is 6.21 Å². The van der Waals surface area contributed by atoms with E-state index in [0.717, 1.165) is 10.6 Å². The van der Waals surface area contributed by atoms with Crippen molar-refractivity contribution in [1.29, 1.82) is 0 Å². The molecule has 0 unspecified atom stereocenters. The highest BCUT2D eigenvalue weighted by molar-refractivity contribution is 7.13. The van der Waals surface area contributed by atoms with Crippen LogP contribution >= 0.6 is 11.3 Å². The fraction of sp³-hybridized carbons (Fsp3) is 0.188. The molecule has 114 valence electrons. The summed E-state index contributed by atoms with van der Waals surface area (Å²) in [6.45, 7) is 2.01. The third-order valence-electron chi connectivity index (χ3n) is 2.78. The number of carbonyl (C=O) groups is 2. The molecule has 6 heteroatoms. The van der Waals surface area contributed by atoms with Crippen LogP contribution in [-0.4, -0.2) is 18.0 Å². The molecule has 0 aliphatic carbocycles. The molecule has 0 fully saturated rings. The molecule has 0 radical (unpaired) electrons. The molecular weight excluding hydrogens is 298 g/mol. The Balaban J connectivity index is 1.69. The monoisotopic (exact) mass is 315 g/mol. The van der Waals surface area contributed by atoms with Gasteiger partial charge in [-0.15, -0.1) is 11.3 Å². The second-order valence-corrected chi connectivity index (χ2v) is 5.98. The minimum Gasteiger partial charge on any atom is -0.326 e. The van der Waals surface area contributed by atoms with Crippen molar-refractivity contribution in [2.45, 2.75) is 19.8 Å². The van der Waals surface area contributed by atoms with E-state index in [0.29, 0.717) is 0 Å². The van der Waals surface area contributed by atoms with Gasteiger partial charge >= 0.3 is 0 Å². The van der Waals surface area contributed by atoms with Gasteiger partial charge < -0.3 is 5.32 Å². The Hall–Kier alpha value is -2.47. The number of hydrogen-bond acceptors (Lipinski definition) is 4. The molecule has 1 aromatic heterocycles. The standard InChI is InChI=1S/C16H17N3O2S/c1-12-7-8-14(22-12)11-17-19-16(21)10-9-15(20)18-13-5-3-2-4-6-13/h2-8,11H,9-10H2,1H3,(H,18,20)(H,19,21). The lowest BCUT2D eigenvalue weighted by molar-refractivity contribution is -0.124. The van der Waals surface area contributed by atoms with E-state index in [1.807, 2.05) is 37.3 Å². The molecule has 0 aliphatic rings. The number of para-hydroxylation sites is 1. The first-order chi connectivity index (χ1) is 10.6. The van der Waals surface area contributed by atoms with Crippen molar-refractivity contribution >= 4 is 35.1 Å². The van der Waals surface area contributed by atoms with Crippen molar-refractivity contribution in [3.05, 3.63) is 52.2 Å². The number of nitrogens with one attached hydrogen (secondary N) is 2. The first-order valence-corrected chi connectivity index (χ1v) is 7.68. The number of anilines is 1. The van der Waals surface area contributed by atoms with Gasteiger partial charge in [0.1, 0.15) is 0 Å². The van der Waals surface area contributed by atoms with Crippen LogP contribution in [-0.2, 0) is 9.59 Å². The number of benzene rings is 1. The number of rotatable bonds is 6. The molecule has 0 atom stereocenters. The number of aryl methyl sites for hydroxylation is 1. The smallest absolute Gasteiger partial charge is 0.240 e. The van der Waals surface area contributed by atoms with E-state index in [1.165, 1.54) is 4.88 Å². The molecule has 22 heavy (non-hydrogen) atoms. The Labute approximate surface area is 133 Å². The molecule has 2 aromatic rings. The zero-order valence-electron chi connectivity index (χ0n) is 12.2. The number of carbonyl (C=O) groups excluding carboxylic acids is 2. The van der Waals surface area contributed by atoms with E-state index in [2.05, 4.69) is 15.8 Å². The lowest BCUT2D eigenvalue weighted by atomic mass is 10.2. The van der Waals surface area contributed by atoms with Gasteiger partial charge in [0.15, 0.2) is 0 Å². The zero-order valence-corrected chi connectivity index (χ0v) is 13.0. The van der Waals surface area contributed by atoms with Crippen molar-refractivity contribution in [2.75, 3.05) is 5.32 Å². The minimum atomic E-state index is -0.285. The van der Waals surface area contributed by atoms with Gasteiger partial charge in [-0.3, -0.25) is 9.59 Å². The van der Waals surface area contributed by atoms with Crippen LogP contribution in [0.25, 0.3) is 0 Å². The summed E-state index contributed by atoms with van der Waals surface area (Å²) in [6.07, 6.45) is 1.81. The zero-order chi connectivity index (χ0) is 15.8. The van der Waals surface area contributed by atoms with Crippen LogP contribution in [0, 0.1) is 6.92 Å². The summed E-state index contributed by atoms with van der Waals surface area (Å²) in [5, 5.41) is 6.60. The van der Waals surface area contributed by atoms with E-state index in [1.54, 1.807) is 29.7 Å². The van der Waals surface area contributed by atoms with Gasteiger partial charge in [0.25, 0.3) is 0 Å². The molecule has 0 spiro atoms. The SMILES string of the molecule is Cc1ccc(C=NNC(=O)CCC(=O)Nc2ccccc2)s1. The van der Waals surface area contributed by atoms with Crippen molar-refractivity contribution in [2.24, 2.45) is 5.10 Å². The van der Waals surface area contributed by atoms with Gasteiger partial charge in [-0.25, -0.2) is 5.43 Å². The Bertz CT molecular complexity index is 665. The minimum absolute atomic E-state index is 0.0967. The normalized spacial score (nSPS) is 10.6. The van der Waals surface area contributed by atoms with Crippen LogP contribution in [0.2, 0.25) is 0 Å². The summed E-state index contributed by atoms with van der Waals surface area (Å²) in [5.74, 6) is -0.480. The van der Waals surface area contributed by atoms with E-state index in [4.69, 9.17) is 0 Å². The van der Waals surface area contributed by atoms with E-state index in [9.17, 15) is 9.59 Å². The van der Waals surface area contributed by atoms with E-state index >= 15 is 0 Å². The fourth-order valence-electron chi connectivity index (χ4n) is 1.72. The molecule has 1 aromatic carbocycles. The molecule has 2 rings (SSSR count). The summed E-state index contributed by atoms with van der Waals surface area (Å²) < 4.78 is 0. The molecule has 1 heterocycles. The highest BCUT2D eigenvalue weighted by atomic mass is 32.1. The topological polar surface area (TPSA) is 70.6 Å². The highest BCUT2D eigenvalue weighted by Gasteiger charge is 2.06. The van der Waals surface area contributed by atoms with E-state index in [-0.39, 0.29) is 24.7 Å².